The Morgan fingerprint density at radius 2 is 2.08 bits per heavy atom. The number of para-hydroxylation sites is 1. The van der Waals surface area contributed by atoms with Crippen molar-refractivity contribution >= 4 is 16.8 Å². The van der Waals surface area contributed by atoms with Crippen molar-refractivity contribution in [1.29, 1.82) is 0 Å². The Hall–Kier alpha value is -3.15. The SMILES string of the molecule is Cc1cc(=O)c(O)c([C@@H](CC(N)=O)c2ccnc3ccccc23)o1. The van der Waals surface area contributed by atoms with Crippen molar-refractivity contribution in [1.82, 2.24) is 4.98 Å². The highest BCUT2D eigenvalue weighted by molar-refractivity contribution is 5.84. The Labute approximate surface area is 137 Å². The first-order chi connectivity index (χ1) is 11.5. The summed E-state index contributed by atoms with van der Waals surface area (Å²) in [5.74, 6) is -1.36. The average molecular weight is 324 g/mol. The van der Waals surface area contributed by atoms with Gasteiger partial charge in [0.15, 0.2) is 5.76 Å². The molecule has 0 aliphatic rings. The van der Waals surface area contributed by atoms with Crippen molar-refractivity contribution in [2.75, 3.05) is 0 Å². The number of carbonyl (C=O) groups excluding carboxylic acids is 1. The van der Waals surface area contributed by atoms with E-state index in [0.717, 1.165) is 10.9 Å². The van der Waals surface area contributed by atoms with Crippen LogP contribution in [0, 0.1) is 6.92 Å². The molecule has 6 nitrogen and oxygen atoms in total. The molecule has 0 fully saturated rings. The molecule has 2 heterocycles. The molecule has 0 radical (unpaired) electrons. The smallest absolute Gasteiger partial charge is 0.227 e. The van der Waals surface area contributed by atoms with E-state index in [-0.39, 0.29) is 12.2 Å². The number of hydrogen-bond acceptors (Lipinski definition) is 5. The number of pyridine rings is 1. The molecule has 0 aliphatic heterocycles. The highest BCUT2D eigenvalue weighted by Gasteiger charge is 2.26. The zero-order chi connectivity index (χ0) is 17.3. The summed E-state index contributed by atoms with van der Waals surface area (Å²) >= 11 is 0. The Kier molecular flexibility index (Phi) is 4.04. The molecule has 24 heavy (non-hydrogen) atoms. The van der Waals surface area contributed by atoms with Crippen LogP contribution in [0.15, 0.2) is 51.8 Å². The van der Waals surface area contributed by atoms with Gasteiger partial charge in [0.05, 0.1) is 11.4 Å². The summed E-state index contributed by atoms with van der Waals surface area (Å²) in [6.45, 7) is 1.61. The first kappa shape index (κ1) is 15.7. The standard InChI is InChI=1S/C18H16N2O4/c1-10-8-15(21)17(23)18(24-10)13(9-16(19)22)11-6-7-20-14-5-3-2-4-12(11)14/h2-8,13,23H,9H2,1H3,(H2,19,22)/t13-/m0/s1. The molecule has 1 atom stereocenters. The fourth-order valence-corrected chi connectivity index (χ4v) is 2.83. The van der Waals surface area contributed by atoms with Crippen LogP contribution in [0.1, 0.15) is 29.4 Å². The number of benzene rings is 1. The van der Waals surface area contributed by atoms with Crippen molar-refractivity contribution < 1.29 is 14.3 Å². The Balaban J connectivity index is 2.28. The molecule has 3 aromatic rings. The minimum Gasteiger partial charge on any atom is -0.502 e. The van der Waals surface area contributed by atoms with Crippen LogP contribution in [0.4, 0.5) is 0 Å². The maximum atomic E-state index is 11.9. The fourth-order valence-electron chi connectivity index (χ4n) is 2.83. The lowest BCUT2D eigenvalue weighted by molar-refractivity contribution is -0.118. The van der Waals surface area contributed by atoms with E-state index in [1.165, 1.54) is 6.07 Å². The molecule has 1 aromatic carbocycles. The number of primary amides is 1. The van der Waals surface area contributed by atoms with Crippen LogP contribution in [0.5, 0.6) is 5.75 Å². The van der Waals surface area contributed by atoms with Crippen LogP contribution < -0.4 is 11.2 Å². The quantitative estimate of drug-likeness (QED) is 0.765. The topological polar surface area (TPSA) is 106 Å². The molecule has 6 heteroatoms. The summed E-state index contributed by atoms with van der Waals surface area (Å²) in [7, 11) is 0. The lowest BCUT2D eigenvalue weighted by atomic mass is 9.89. The van der Waals surface area contributed by atoms with E-state index in [1.54, 1.807) is 19.2 Å². The molecular weight excluding hydrogens is 308 g/mol. The van der Waals surface area contributed by atoms with Crippen molar-refractivity contribution in [3.05, 3.63) is 69.9 Å². The Morgan fingerprint density at radius 3 is 2.83 bits per heavy atom. The van der Waals surface area contributed by atoms with Gasteiger partial charge >= 0.3 is 0 Å². The maximum Gasteiger partial charge on any atom is 0.227 e. The number of hydrogen-bond donors (Lipinski definition) is 2. The van der Waals surface area contributed by atoms with E-state index in [9.17, 15) is 14.7 Å². The summed E-state index contributed by atoms with van der Waals surface area (Å²) in [4.78, 5) is 27.8. The van der Waals surface area contributed by atoms with Gasteiger partial charge in [-0.05, 0) is 24.6 Å². The van der Waals surface area contributed by atoms with E-state index < -0.39 is 23.0 Å². The van der Waals surface area contributed by atoms with Crippen molar-refractivity contribution in [2.45, 2.75) is 19.3 Å². The second-order valence-corrected chi connectivity index (χ2v) is 5.57. The maximum absolute atomic E-state index is 11.9. The first-order valence-corrected chi connectivity index (χ1v) is 7.43. The predicted octanol–water partition coefficient (Wildman–Crippen LogP) is 2.21. The summed E-state index contributed by atoms with van der Waals surface area (Å²) in [6, 6.07) is 10.3. The van der Waals surface area contributed by atoms with Gasteiger partial charge in [-0.1, -0.05) is 18.2 Å². The molecule has 3 N–H and O–H groups in total. The molecule has 3 rings (SSSR count). The molecular formula is C18H16N2O4. The van der Waals surface area contributed by atoms with E-state index in [2.05, 4.69) is 4.98 Å². The van der Waals surface area contributed by atoms with Crippen LogP contribution in [-0.4, -0.2) is 16.0 Å². The molecule has 2 aromatic heterocycles. The van der Waals surface area contributed by atoms with Gasteiger partial charge in [0.25, 0.3) is 0 Å². The lowest BCUT2D eigenvalue weighted by Crippen LogP contribution is -2.18. The number of rotatable bonds is 4. The van der Waals surface area contributed by atoms with Crippen LogP contribution in [0.3, 0.4) is 0 Å². The number of aromatic hydroxyl groups is 1. The number of amides is 1. The molecule has 0 spiro atoms. The van der Waals surface area contributed by atoms with E-state index >= 15 is 0 Å². The largest absolute Gasteiger partial charge is 0.502 e. The predicted molar refractivity (Wildman–Crippen MR) is 88.8 cm³/mol. The number of aromatic nitrogens is 1. The van der Waals surface area contributed by atoms with Crippen molar-refractivity contribution in [3.63, 3.8) is 0 Å². The van der Waals surface area contributed by atoms with Gasteiger partial charge in [0.1, 0.15) is 5.76 Å². The Bertz CT molecular complexity index is 973. The molecule has 0 unspecified atom stereocenters. The van der Waals surface area contributed by atoms with Gasteiger partial charge in [0, 0.05) is 24.1 Å². The summed E-state index contributed by atoms with van der Waals surface area (Å²) < 4.78 is 5.58. The van der Waals surface area contributed by atoms with E-state index in [4.69, 9.17) is 10.2 Å². The van der Waals surface area contributed by atoms with E-state index in [0.29, 0.717) is 11.3 Å². The highest BCUT2D eigenvalue weighted by atomic mass is 16.4. The van der Waals surface area contributed by atoms with Crippen molar-refractivity contribution in [2.24, 2.45) is 5.73 Å². The number of nitrogens with zero attached hydrogens (tertiary/aromatic N) is 1. The zero-order valence-corrected chi connectivity index (χ0v) is 13.0. The van der Waals surface area contributed by atoms with Crippen molar-refractivity contribution in [3.8, 4) is 5.75 Å². The van der Waals surface area contributed by atoms with Gasteiger partial charge in [0.2, 0.25) is 17.1 Å². The number of fused-ring (bicyclic) bond motifs is 1. The minimum atomic E-state index is -0.678. The third-order valence-corrected chi connectivity index (χ3v) is 3.85. The van der Waals surface area contributed by atoms with Gasteiger partial charge < -0.3 is 15.3 Å². The van der Waals surface area contributed by atoms with Crippen LogP contribution >= 0.6 is 0 Å². The second kappa shape index (κ2) is 6.16. The fraction of sp³-hybridized carbons (Fsp3) is 0.167. The minimum absolute atomic E-state index is 0.0372. The normalized spacial score (nSPS) is 12.2. The molecule has 0 bridgehead atoms. The highest BCUT2D eigenvalue weighted by Crippen LogP contribution is 2.35. The van der Waals surface area contributed by atoms with Gasteiger partial charge in [-0.3, -0.25) is 14.6 Å². The van der Waals surface area contributed by atoms with E-state index in [1.807, 2.05) is 24.3 Å². The summed E-state index contributed by atoms with van der Waals surface area (Å²) in [6.07, 6.45) is 1.50. The number of carbonyl (C=O) groups is 1. The summed E-state index contributed by atoms with van der Waals surface area (Å²) in [5, 5.41) is 11.0. The lowest BCUT2D eigenvalue weighted by Gasteiger charge is -2.18. The van der Waals surface area contributed by atoms with Gasteiger partial charge in [-0.25, -0.2) is 0 Å². The average Bonchev–Trinajstić information content (AvgIpc) is 2.55. The van der Waals surface area contributed by atoms with Crippen LogP contribution in [0.2, 0.25) is 0 Å². The zero-order valence-electron chi connectivity index (χ0n) is 13.0. The molecule has 0 saturated heterocycles. The third kappa shape index (κ3) is 2.86. The van der Waals surface area contributed by atoms with Crippen LogP contribution in [0.25, 0.3) is 10.9 Å². The summed E-state index contributed by atoms with van der Waals surface area (Å²) in [5.41, 5.74) is 6.27. The Morgan fingerprint density at radius 1 is 1.33 bits per heavy atom. The molecule has 1 amide bonds. The molecule has 122 valence electrons. The second-order valence-electron chi connectivity index (χ2n) is 5.57. The molecule has 0 saturated carbocycles. The van der Waals surface area contributed by atoms with Crippen LogP contribution in [-0.2, 0) is 4.79 Å². The number of nitrogens with two attached hydrogens (primary N) is 1. The monoisotopic (exact) mass is 324 g/mol. The first-order valence-electron chi connectivity index (χ1n) is 7.43. The third-order valence-electron chi connectivity index (χ3n) is 3.85. The molecule has 0 aliphatic carbocycles. The number of aryl methyl sites for hydroxylation is 1. The van der Waals surface area contributed by atoms with Gasteiger partial charge in [-0.2, -0.15) is 0 Å². The van der Waals surface area contributed by atoms with Gasteiger partial charge in [-0.15, -0.1) is 0 Å².